The molecular formula is C21H23N3O4S. The molecule has 0 amide bonds. The van der Waals surface area contributed by atoms with Crippen LogP contribution in [0.1, 0.15) is 11.1 Å². The second-order valence-corrected chi connectivity index (χ2v) is 9.24. The Kier molecular flexibility index (Phi) is 5.06. The number of fused-ring (bicyclic) bond motifs is 1. The van der Waals surface area contributed by atoms with Crippen LogP contribution in [0.3, 0.4) is 0 Å². The quantitative estimate of drug-likeness (QED) is 0.636. The smallest absolute Gasteiger partial charge is 0.248 e. The zero-order valence-corrected chi connectivity index (χ0v) is 17.0. The summed E-state index contributed by atoms with van der Waals surface area (Å²) in [4.78, 5) is 16.7. The average molecular weight is 413 g/mol. The Morgan fingerprint density at radius 1 is 1.10 bits per heavy atom. The standard InChI is InChI=1S/C21H23N3O4S/c1-14-10-21(25)23-18-4-2-15(11-17(14)18)13-29(26,27)20-12-16(22)3-5-19(20)24-6-8-28-9-7-24/h2-5,10-12H,6-9,13,22H2,1H3,(H,23,25). The highest BCUT2D eigenvalue weighted by atomic mass is 32.2. The first-order valence-corrected chi connectivity index (χ1v) is 11.1. The number of aryl methyl sites for hydroxylation is 1. The third-order valence-corrected chi connectivity index (χ3v) is 6.85. The minimum atomic E-state index is -3.64. The number of hydrogen-bond donors (Lipinski definition) is 2. The molecular weight excluding hydrogens is 390 g/mol. The number of nitrogens with two attached hydrogens (primary N) is 1. The van der Waals surface area contributed by atoms with Crippen LogP contribution in [0.5, 0.6) is 0 Å². The van der Waals surface area contributed by atoms with Gasteiger partial charge < -0.3 is 20.4 Å². The predicted octanol–water partition coefficient (Wildman–Crippen LogP) is 2.23. The van der Waals surface area contributed by atoms with Crippen molar-refractivity contribution in [1.29, 1.82) is 0 Å². The second-order valence-electron chi connectivity index (χ2n) is 7.28. The molecule has 1 saturated heterocycles. The van der Waals surface area contributed by atoms with Crippen LogP contribution < -0.4 is 16.2 Å². The number of anilines is 2. The van der Waals surface area contributed by atoms with E-state index in [-0.39, 0.29) is 16.2 Å². The summed E-state index contributed by atoms with van der Waals surface area (Å²) in [7, 11) is -3.64. The molecule has 2 heterocycles. The van der Waals surface area contributed by atoms with Gasteiger partial charge in [0.15, 0.2) is 9.84 Å². The van der Waals surface area contributed by atoms with Crippen molar-refractivity contribution in [3.05, 3.63) is 63.9 Å². The lowest BCUT2D eigenvalue weighted by Gasteiger charge is -2.30. The Balaban J connectivity index is 1.73. The van der Waals surface area contributed by atoms with Gasteiger partial charge in [-0.2, -0.15) is 0 Å². The summed E-state index contributed by atoms with van der Waals surface area (Å²) in [5.41, 5.74) is 8.96. The number of nitrogens with one attached hydrogen (secondary N) is 1. The molecule has 3 N–H and O–H groups in total. The zero-order chi connectivity index (χ0) is 20.6. The van der Waals surface area contributed by atoms with Crippen LogP contribution in [0.2, 0.25) is 0 Å². The number of aromatic amines is 1. The van der Waals surface area contributed by atoms with E-state index in [1.54, 1.807) is 24.3 Å². The molecule has 0 spiro atoms. The summed E-state index contributed by atoms with van der Waals surface area (Å²) < 4.78 is 32.0. The molecule has 29 heavy (non-hydrogen) atoms. The molecule has 0 aliphatic carbocycles. The number of pyridine rings is 1. The van der Waals surface area contributed by atoms with Gasteiger partial charge in [-0.05, 0) is 48.4 Å². The van der Waals surface area contributed by atoms with E-state index in [4.69, 9.17) is 10.5 Å². The number of sulfone groups is 1. The molecule has 3 aromatic rings. The van der Waals surface area contributed by atoms with Gasteiger partial charge in [0.25, 0.3) is 0 Å². The number of morpholine rings is 1. The van der Waals surface area contributed by atoms with Crippen molar-refractivity contribution in [2.75, 3.05) is 36.9 Å². The number of benzene rings is 2. The van der Waals surface area contributed by atoms with Crippen molar-refractivity contribution in [1.82, 2.24) is 4.98 Å². The van der Waals surface area contributed by atoms with Crippen molar-refractivity contribution in [2.45, 2.75) is 17.6 Å². The predicted molar refractivity (Wildman–Crippen MR) is 114 cm³/mol. The molecule has 8 heteroatoms. The molecule has 1 aromatic heterocycles. The van der Waals surface area contributed by atoms with Crippen LogP contribution in [0.15, 0.2) is 52.2 Å². The first-order chi connectivity index (χ1) is 13.8. The van der Waals surface area contributed by atoms with E-state index in [0.717, 1.165) is 10.9 Å². The molecule has 1 aliphatic heterocycles. The fourth-order valence-corrected chi connectivity index (χ4v) is 5.31. The van der Waals surface area contributed by atoms with E-state index in [9.17, 15) is 13.2 Å². The maximum Gasteiger partial charge on any atom is 0.248 e. The molecule has 0 atom stereocenters. The third kappa shape index (κ3) is 3.99. The number of nitrogen functional groups attached to an aromatic ring is 1. The van der Waals surface area contributed by atoms with Crippen molar-refractivity contribution >= 4 is 32.1 Å². The highest BCUT2D eigenvalue weighted by Crippen LogP contribution is 2.31. The zero-order valence-electron chi connectivity index (χ0n) is 16.1. The Morgan fingerprint density at radius 2 is 1.86 bits per heavy atom. The van der Waals surface area contributed by atoms with Crippen molar-refractivity contribution < 1.29 is 13.2 Å². The minimum absolute atomic E-state index is 0.150. The maximum atomic E-state index is 13.3. The Labute approximate surface area is 169 Å². The molecule has 0 radical (unpaired) electrons. The lowest BCUT2D eigenvalue weighted by Crippen LogP contribution is -2.37. The molecule has 0 unspecified atom stereocenters. The summed E-state index contributed by atoms with van der Waals surface area (Å²) in [5.74, 6) is -0.150. The summed E-state index contributed by atoms with van der Waals surface area (Å²) in [6.07, 6.45) is 0. The highest BCUT2D eigenvalue weighted by molar-refractivity contribution is 7.90. The number of rotatable bonds is 4. The molecule has 4 rings (SSSR count). The van der Waals surface area contributed by atoms with Gasteiger partial charge in [0, 0.05) is 35.7 Å². The Bertz CT molecular complexity index is 1230. The van der Waals surface area contributed by atoms with E-state index >= 15 is 0 Å². The van der Waals surface area contributed by atoms with E-state index < -0.39 is 9.84 Å². The lowest BCUT2D eigenvalue weighted by atomic mass is 10.1. The van der Waals surface area contributed by atoms with E-state index in [1.165, 1.54) is 12.1 Å². The first kappa shape index (κ1) is 19.5. The van der Waals surface area contributed by atoms with Gasteiger partial charge in [-0.25, -0.2) is 8.42 Å². The van der Waals surface area contributed by atoms with Gasteiger partial charge in [0.05, 0.1) is 29.5 Å². The number of H-pyrrole nitrogens is 1. The van der Waals surface area contributed by atoms with E-state index in [0.29, 0.717) is 48.8 Å². The second kappa shape index (κ2) is 7.53. The lowest BCUT2D eigenvalue weighted by molar-refractivity contribution is 0.122. The number of nitrogens with zero attached hydrogens (tertiary/aromatic N) is 1. The first-order valence-electron chi connectivity index (χ1n) is 9.41. The molecule has 1 aliphatic rings. The van der Waals surface area contributed by atoms with E-state index in [1.807, 2.05) is 17.9 Å². The number of ether oxygens (including phenoxy) is 1. The fourth-order valence-electron chi connectivity index (χ4n) is 3.70. The molecule has 7 nitrogen and oxygen atoms in total. The Morgan fingerprint density at radius 3 is 2.62 bits per heavy atom. The van der Waals surface area contributed by atoms with Crippen molar-refractivity contribution in [2.24, 2.45) is 0 Å². The summed E-state index contributed by atoms with van der Waals surface area (Å²) in [5, 5.41) is 0.832. The molecule has 2 aromatic carbocycles. The largest absolute Gasteiger partial charge is 0.399 e. The van der Waals surface area contributed by atoms with Crippen molar-refractivity contribution in [3.8, 4) is 0 Å². The fraction of sp³-hybridized carbons (Fsp3) is 0.286. The van der Waals surface area contributed by atoms with Gasteiger partial charge in [-0.15, -0.1) is 0 Å². The number of hydrogen-bond acceptors (Lipinski definition) is 6. The third-order valence-electron chi connectivity index (χ3n) is 5.14. The molecule has 0 saturated carbocycles. The molecule has 0 bridgehead atoms. The minimum Gasteiger partial charge on any atom is -0.399 e. The van der Waals surface area contributed by atoms with Gasteiger partial charge in [-0.3, -0.25) is 4.79 Å². The van der Waals surface area contributed by atoms with Crippen molar-refractivity contribution in [3.63, 3.8) is 0 Å². The number of aromatic nitrogens is 1. The summed E-state index contributed by atoms with van der Waals surface area (Å²) in [6, 6.07) is 11.8. The average Bonchev–Trinajstić information content (AvgIpc) is 2.69. The van der Waals surface area contributed by atoms with Crippen LogP contribution in [-0.4, -0.2) is 39.7 Å². The molecule has 1 fully saturated rings. The maximum absolute atomic E-state index is 13.3. The summed E-state index contributed by atoms with van der Waals surface area (Å²) in [6.45, 7) is 4.23. The van der Waals surface area contributed by atoms with Gasteiger partial charge in [0.2, 0.25) is 5.56 Å². The topological polar surface area (TPSA) is 105 Å². The van der Waals surface area contributed by atoms with Crippen LogP contribution in [0, 0.1) is 6.92 Å². The van der Waals surface area contributed by atoms with Gasteiger partial charge in [0.1, 0.15) is 0 Å². The van der Waals surface area contributed by atoms with Crippen LogP contribution in [0.25, 0.3) is 10.9 Å². The molecule has 152 valence electrons. The van der Waals surface area contributed by atoms with Gasteiger partial charge in [-0.1, -0.05) is 6.07 Å². The van der Waals surface area contributed by atoms with Crippen LogP contribution >= 0.6 is 0 Å². The van der Waals surface area contributed by atoms with E-state index in [2.05, 4.69) is 4.98 Å². The van der Waals surface area contributed by atoms with Gasteiger partial charge >= 0.3 is 0 Å². The van der Waals surface area contributed by atoms with Crippen LogP contribution in [-0.2, 0) is 20.3 Å². The SMILES string of the molecule is Cc1cc(=O)[nH]c2ccc(CS(=O)(=O)c3cc(N)ccc3N3CCOCC3)cc12. The van der Waals surface area contributed by atoms with Crippen LogP contribution in [0.4, 0.5) is 11.4 Å². The highest BCUT2D eigenvalue weighted by Gasteiger charge is 2.24. The Hall–Kier alpha value is -2.84. The summed E-state index contributed by atoms with van der Waals surface area (Å²) >= 11 is 0. The normalized spacial score (nSPS) is 15.0. The monoisotopic (exact) mass is 413 g/mol.